The van der Waals surface area contributed by atoms with Crippen molar-refractivity contribution in [3.63, 3.8) is 0 Å². The molecule has 0 amide bonds. The van der Waals surface area contributed by atoms with Crippen LogP contribution in [0.2, 0.25) is 0 Å². The van der Waals surface area contributed by atoms with Crippen LogP contribution in [0.3, 0.4) is 0 Å². The van der Waals surface area contributed by atoms with Crippen LogP contribution in [0.5, 0.6) is 0 Å². The van der Waals surface area contributed by atoms with Gasteiger partial charge in [0, 0.05) is 35.8 Å². The van der Waals surface area contributed by atoms with Crippen molar-refractivity contribution < 1.29 is 9.18 Å². The Morgan fingerprint density at radius 2 is 1.88 bits per heavy atom. The number of hydrogen-bond donors (Lipinski definition) is 1. The molecule has 2 heterocycles. The lowest BCUT2D eigenvalue weighted by Gasteiger charge is -2.17. The number of Topliss-reactive ketones (excluding diaryl/α,β-unsaturated/α-hetero) is 1. The Morgan fingerprint density at radius 1 is 1.09 bits per heavy atom. The van der Waals surface area contributed by atoms with Gasteiger partial charge in [0.05, 0.1) is 24.2 Å². The number of carbonyl (C=O) groups excluding carboxylic acids is 1. The lowest BCUT2D eigenvalue weighted by molar-refractivity contribution is 0.1000. The van der Waals surface area contributed by atoms with Crippen molar-refractivity contribution in [1.29, 1.82) is 0 Å². The minimum absolute atomic E-state index is 0.0398. The number of nitrogens with zero attached hydrogens (tertiary/aromatic N) is 4. The lowest BCUT2D eigenvalue weighted by atomic mass is 9.91. The number of hydrogen-bond acceptors (Lipinski definition) is 4. The number of carbonyl (C=O) groups is 1. The molecule has 0 fully saturated rings. The number of benzene rings is 3. The Morgan fingerprint density at radius 3 is 2.66 bits per heavy atom. The first kappa shape index (κ1) is 19.8. The summed E-state index contributed by atoms with van der Waals surface area (Å²) in [5.74, 6) is -0.431. The van der Waals surface area contributed by atoms with Gasteiger partial charge in [0.25, 0.3) is 0 Å². The van der Waals surface area contributed by atoms with E-state index in [1.807, 2.05) is 24.3 Å². The quantitative estimate of drug-likeness (QED) is 0.492. The van der Waals surface area contributed by atoms with Crippen LogP contribution < -0.4 is 5.73 Å². The van der Waals surface area contributed by atoms with Crippen LogP contribution >= 0.6 is 0 Å². The monoisotopic (exact) mass is 423 g/mol. The zero-order valence-electron chi connectivity index (χ0n) is 17.3. The van der Waals surface area contributed by atoms with Gasteiger partial charge in [-0.15, -0.1) is 0 Å². The largest absolute Gasteiger partial charge is 0.325 e. The Bertz CT molecular complexity index is 1490. The highest BCUT2D eigenvalue weighted by Crippen LogP contribution is 2.41. The molecule has 0 unspecified atom stereocenters. The Hall–Kier alpha value is -4.15. The van der Waals surface area contributed by atoms with E-state index in [4.69, 9.17) is 12.3 Å². The van der Waals surface area contributed by atoms with Gasteiger partial charge in [0.1, 0.15) is 12.4 Å². The van der Waals surface area contributed by atoms with Gasteiger partial charge in [-0.1, -0.05) is 30.3 Å². The molecule has 0 atom stereocenters. The molecule has 0 aliphatic carbocycles. The van der Waals surface area contributed by atoms with E-state index in [1.165, 1.54) is 12.1 Å². The van der Waals surface area contributed by atoms with Crippen molar-refractivity contribution >= 4 is 28.0 Å². The standard InChI is InChI=1S/C25H18FN5O/c1-28-24-18(8-4-14-3-6-16(26)10-19(14)24)25-21(12-30-31(25)2)15-5-7-17-20(9-15)22(11-27)29-13-23(17)32/h3-10,12H,11,13,27H2,2H3. The van der Waals surface area contributed by atoms with Gasteiger partial charge in [-0.2, -0.15) is 5.10 Å². The average molecular weight is 423 g/mol. The molecule has 156 valence electrons. The molecular weight excluding hydrogens is 405 g/mol. The third-order valence-electron chi connectivity index (χ3n) is 5.81. The van der Waals surface area contributed by atoms with Gasteiger partial charge >= 0.3 is 0 Å². The minimum atomic E-state index is -0.391. The van der Waals surface area contributed by atoms with Crippen molar-refractivity contribution in [2.45, 2.75) is 0 Å². The normalized spacial score (nSPS) is 13.1. The summed E-state index contributed by atoms with van der Waals surface area (Å²) >= 11 is 0. The van der Waals surface area contributed by atoms with E-state index in [0.717, 1.165) is 27.8 Å². The van der Waals surface area contributed by atoms with Crippen LogP contribution in [0, 0.1) is 12.4 Å². The smallest absolute Gasteiger partial charge is 0.204 e. The predicted molar refractivity (Wildman–Crippen MR) is 123 cm³/mol. The van der Waals surface area contributed by atoms with E-state index in [9.17, 15) is 9.18 Å². The van der Waals surface area contributed by atoms with E-state index in [0.29, 0.717) is 27.9 Å². The molecule has 1 aliphatic rings. The summed E-state index contributed by atoms with van der Waals surface area (Å²) in [5, 5.41) is 5.77. The molecule has 5 rings (SSSR count). The summed E-state index contributed by atoms with van der Waals surface area (Å²) in [6.07, 6.45) is 1.73. The van der Waals surface area contributed by atoms with Crippen molar-refractivity contribution in [2.24, 2.45) is 17.8 Å². The van der Waals surface area contributed by atoms with E-state index in [2.05, 4.69) is 14.9 Å². The summed E-state index contributed by atoms with van der Waals surface area (Å²) in [7, 11) is 1.80. The summed E-state index contributed by atoms with van der Waals surface area (Å²) < 4.78 is 15.6. The van der Waals surface area contributed by atoms with E-state index < -0.39 is 5.82 Å². The number of nitrogens with two attached hydrogens (primary N) is 1. The molecule has 32 heavy (non-hydrogen) atoms. The summed E-state index contributed by atoms with van der Waals surface area (Å²) in [5.41, 5.74) is 11.3. The van der Waals surface area contributed by atoms with Crippen LogP contribution in [0.1, 0.15) is 15.9 Å². The summed E-state index contributed by atoms with van der Waals surface area (Å²) in [6, 6.07) is 13.7. The number of ketones is 1. The fourth-order valence-corrected chi connectivity index (χ4v) is 4.26. The number of fused-ring (bicyclic) bond motifs is 2. The van der Waals surface area contributed by atoms with Gasteiger partial charge < -0.3 is 5.73 Å². The number of rotatable bonds is 3. The fourth-order valence-electron chi connectivity index (χ4n) is 4.26. The molecule has 0 saturated carbocycles. The fraction of sp³-hybridized carbons (Fsp3) is 0.120. The highest BCUT2D eigenvalue weighted by atomic mass is 19.1. The van der Waals surface area contributed by atoms with Crippen molar-refractivity contribution in [2.75, 3.05) is 13.1 Å². The van der Waals surface area contributed by atoms with Crippen LogP contribution in [0.4, 0.5) is 10.1 Å². The Balaban J connectivity index is 1.74. The van der Waals surface area contributed by atoms with Crippen molar-refractivity contribution in [3.05, 3.63) is 83.1 Å². The highest BCUT2D eigenvalue weighted by molar-refractivity contribution is 6.16. The van der Waals surface area contributed by atoms with Crippen molar-refractivity contribution in [3.8, 4) is 22.4 Å². The van der Waals surface area contributed by atoms with Gasteiger partial charge in [-0.25, -0.2) is 9.24 Å². The third kappa shape index (κ3) is 3.01. The predicted octanol–water partition coefficient (Wildman–Crippen LogP) is 4.54. The SMILES string of the molecule is [C-]#[N+]c1c(-c2c(-c3ccc4c(c3)C(CN)=NCC4=O)cnn2C)ccc2ccc(F)cc12. The van der Waals surface area contributed by atoms with E-state index >= 15 is 0 Å². The average Bonchev–Trinajstić information content (AvgIpc) is 3.19. The first-order valence-electron chi connectivity index (χ1n) is 10.0. The van der Waals surface area contributed by atoms with Gasteiger partial charge in [-0.05, 0) is 34.5 Å². The molecule has 3 aromatic carbocycles. The zero-order valence-corrected chi connectivity index (χ0v) is 17.3. The van der Waals surface area contributed by atoms with Crippen LogP contribution in [0.15, 0.2) is 59.7 Å². The number of aromatic nitrogens is 2. The Kier molecular flexibility index (Phi) is 4.65. The van der Waals surface area contributed by atoms with Gasteiger partial charge in [-0.3, -0.25) is 14.5 Å². The highest BCUT2D eigenvalue weighted by Gasteiger charge is 2.23. The maximum absolute atomic E-state index is 13.9. The first-order chi connectivity index (χ1) is 15.5. The molecule has 1 aromatic heterocycles. The topological polar surface area (TPSA) is 77.6 Å². The van der Waals surface area contributed by atoms with E-state index in [1.54, 1.807) is 30.1 Å². The zero-order chi connectivity index (χ0) is 22.4. The summed E-state index contributed by atoms with van der Waals surface area (Å²) in [6.45, 7) is 8.14. The molecule has 2 N–H and O–H groups in total. The van der Waals surface area contributed by atoms with Gasteiger partial charge in [0.15, 0.2) is 5.78 Å². The first-order valence-corrected chi connectivity index (χ1v) is 10.0. The second-order valence-electron chi connectivity index (χ2n) is 7.62. The molecule has 4 aromatic rings. The molecule has 0 saturated heterocycles. The Labute approximate surface area is 183 Å². The molecule has 1 aliphatic heterocycles. The van der Waals surface area contributed by atoms with E-state index in [-0.39, 0.29) is 18.9 Å². The van der Waals surface area contributed by atoms with Crippen molar-refractivity contribution in [1.82, 2.24) is 9.78 Å². The molecule has 7 heteroatoms. The van der Waals surface area contributed by atoms with Crippen LogP contribution in [-0.4, -0.2) is 34.4 Å². The minimum Gasteiger partial charge on any atom is -0.325 e. The maximum Gasteiger partial charge on any atom is 0.204 e. The summed E-state index contributed by atoms with van der Waals surface area (Å²) in [4.78, 5) is 20.3. The molecule has 0 spiro atoms. The van der Waals surface area contributed by atoms with Crippen LogP contribution in [0.25, 0.3) is 38.0 Å². The molecule has 0 bridgehead atoms. The number of aliphatic imine (C=N–C) groups is 1. The molecule has 6 nitrogen and oxygen atoms in total. The third-order valence-corrected chi connectivity index (χ3v) is 5.81. The number of halogens is 1. The second kappa shape index (κ2) is 7.52. The molecular formula is C25H18FN5O. The molecule has 0 radical (unpaired) electrons. The van der Waals surface area contributed by atoms with Gasteiger partial charge in [0.2, 0.25) is 5.69 Å². The lowest BCUT2D eigenvalue weighted by Crippen LogP contribution is -2.24. The maximum atomic E-state index is 13.9. The number of aryl methyl sites for hydroxylation is 1. The van der Waals surface area contributed by atoms with Crippen LogP contribution in [-0.2, 0) is 7.05 Å². The second-order valence-corrected chi connectivity index (χ2v) is 7.62.